The van der Waals surface area contributed by atoms with E-state index in [9.17, 15) is 14.4 Å². The van der Waals surface area contributed by atoms with Gasteiger partial charge in [0.15, 0.2) is 0 Å². The third kappa shape index (κ3) is 5.87. The van der Waals surface area contributed by atoms with Crippen molar-refractivity contribution in [2.75, 3.05) is 24.6 Å². The van der Waals surface area contributed by atoms with E-state index in [1.807, 2.05) is 30.3 Å². The van der Waals surface area contributed by atoms with E-state index in [2.05, 4.69) is 29.6 Å². The molecule has 1 aliphatic rings. The molecule has 35 heavy (non-hydrogen) atoms. The van der Waals surface area contributed by atoms with Gasteiger partial charge in [0.25, 0.3) is 0 Å². The van der Waals surface area contributed by atoms with Gasteiger partial charge in [-0.1, -0.05) is 66.7 Å². The number of benzene rings is 3. The maximum Gasteiger partial charge on any atom is 0.407 e. The van der Waals surface area contributed by atoms with Crippen LogP contribution in [0.4, 0.5) is 10.5 Å². The summed E-state index contributed by atoms with van der Waals surface area (Å²) in [5.41, 5.74) is 5.22. The third-order valence-corrected chi connectivity index (χ3v) is 6.09. The topological polar surface area (TPSA) is 95.9 Å². The molecule has 0 spiro atoms. The van der Waals surface area contributed by atoms with Gasteiger partial charge in [-0.05, 0) is 47.2 Å². The highest BCUT2D eigenvalue weighted by Crippen LogP contribution is 2.44. The van der Waals surface area contributed by atoms with Crippen LogP contribution in [0.3, 0.4) is 0 Å². The highest BCUT2D eigenvalue weighted by atomic mass is 16.5. The average Bonchev–Trinajstić information content (AvgIpc) is 3.20. The van der Waals surface area contributed by atoms with Gasteiger partial charge in [0.2, 0.25) is 5.91 Å². The molecule has 180 valence electrons. The van der Waals surface area contributed by atoms with E-state index in [0.29, 0.717) is 25.1 Å². The van der Waals surface area contributed by atoms with Crippen molar-refractivity contribution < 1.29 is 24.2 Å². The van der Waals surface area contributed by atoms with Crippen LogP contribution in [-0.4, -0.2) is 42.8 Å². The maximum absolute atomic E-state index is 12.6. The second-order valence-electron chi connectivity index (χ2n) is 8.42. The fraction of sp³-hybridized carbons (Fsp3) is 0.250. The number of amides is 2. The Morgan fingerprint density at radius 2 is 1.43 bits per heavy atom. The van der Waals surface area contributed by atoms with E-state index in [4.69, 9.17) is 9.84 Å². The Bertz CT molecular complexity index is 1150. The summed E-state index contributed by atoms with van der Waals surface area (Å²) < 4.78 is 5.52. The lowest BCUT2D eigenvalue weighted by Crippen LogP contribution is -2.35. The van der Waals surface area contributed by atoms with Crippen LogP contribution in [-0.2, 0) is 14.3 Å². The van der Waals surface area contributed by atoms with Gasteiger partial charge in [-0.15, -0.1) is 0 Å². The number of rotatable bonds is 10. The van der Waals surface area contributed by atoms with E-state index < -0.39 is 12.1 Å². The predicted molar refractivity (Wildman–Crippen MR) is 133 cm³/mol. The van der Waals surface area contributed by atoms with Gasteiger partial charge in [0.05, 0.1) is 0 Å². The van der Waals surface area contributed by atoms with Crippen molar-refractivity contribution in [2.24, 2.45) is 0 Å². The van der Waals surface area contributed by atoms with Crippen LogP contribution < -0.4 is 10.2 Å². The Hall–Kier alpha value is -4.13. The smallest absolute Gasteiger partial charge is 0.407 e. The Kier molecular flexibility index (Phi) is 7.77. The van der Waals surface area contributed by atoms with Crippen LogP contribution in [0, 0.1) is 0 Å². The molecular formula is C28H28N2O5. The molecule has 0 atom stereocenters. The molecule has 7 heteroatoms. The zero-order valence-corrected chi connectivity index (χ0v) is 19.4. The molecule has 0 aliphatic heterocycles. The van der Waals surface area contributed by atoms with Gasteiger partial charge in [0.1, 0.15) is 13.2 Å². The SMILES string of the molecule is O=C(O)CN(C(=O)CCCCNC(=O)OCC1c2ccccc2-c2ccccc21)c1ccccc1. The normalized spacial score (nSPS) is 11.9. The molecule has 4 rings (SSSR count). The molecule has 0 unspecified atom stereocenters. The van der Waals surface area contributed by atoms with Crippen LogP contribution in [0.15, 0.2) is 78.9 Å². The minimum atomic E-state index is -1.07. The standard InChI is InChI=1S/C28H28N2O5/c31-26(30(18-27(32)33)20-10-2-1-3-11-20)16-8-9-17-29-28(34)35-19-25-23-14-6-4-12-21(23)22-13-5-7-15-24(22)25/h1-7,10-15,25H,8-9,16-19H2,(H,29,34)(H,32,33). The number of hydrogen-bond donors (Lipinski definition) is 2. The van der Waals surface area contributed by atoms with Crippen LogP contribution >= 0.6 is 0 Å². The van der Waals surface area contributed by atoms with Gasteiger partial charge >= 0.3 is 12.1 Å². The number of fused-ring (bicyclic) bond motifs is 3. The molecule has 0 bridgehead atoms. The van der Waals surface area contributed by atoms with E-state index in [1.54, 1.807) is 24.3 Å². The van der Waals surface area contributed by atoms with Crippen molar-refractivity contribution in [3.63, 3.8) is 0 Å². The van der Waals surface area contributed by atoms with Crippen LogP contribution in [0.2, 0.25) is 0 Å². The van der Waals surface area contributed by atoms with Gasteiger partial charge in [-0.25, -0.2) is 4.79 Å². The molecule has 3 aromatic carbocycles. The number of carboxylic acids is 1. The van der Waals surface area contributed by atoms with Crippen molar-refractivity contribution in [3.05, 3.63) is 90.0 Å². The summed E-state index contributed by atoms with van der Waals surface area (Å²) in [6.07, 6.45) is 0.793. The van der Waals surface area contributed by atoms with Crippen molar-refractivity contribution in [2.45, 2.75) is 25.2 Å². The summed E-state index contributed by atoms with van der Waals surface area (Å²) in [5.74, 6) is -1.33. The quantitative estimate of drug-likeness (QED) is 0.413. The second kappa shape index (κ2) is 11.3. The first-order valence-corrected chi connectivity index (χ1v) is 11.7. The number of nitrogens with one attached hydrogen (secondary N) is 1. The molecule has 0 heterocycles. The molecule has 0 aromatic heterocycles. The van der Waals surface area contributed by atoms with Crippen molar-refractivity contribution in [1.29, 1.82) is 0 Å². The number of nitrogens with zero attached hydrogens (tertiary/aromatic N) is 1. The largest absolute Gasteiger partial charge is 0.480 e. The van der Waals surface area contributed by atoms with Crippen LogP contribution in [0.25, 0.3) is 11.1 Å². The van der Waals surface area contributed by atoms with E-state index in [1.165, 1.54) is 16.0 Å². The van der Waals surface area contributed by atoms with Gasteiger partial charge in [0, 0.05) is 24.6 Å². The zero-order chi connectivity index (χ0) is 24.6. The Morgan fingerprint density at radius 3 is 2.06 bits per heavy atom. The molecule has 1 aliphatic carbocycles. The number of carbonyl (C=O) groups is 3. The molecule has 3 aromatic rings. The Labute approximate surface area is 204 Å². The average molecular weight is 473 g/mol. The highest BCUT2D eigenvalue weighted by Gasteiger charge is 2.29. The first-order chi connectivity index (χ1) is 17.0. The highest BCUT2D eigenvalue weighted by molar-refractivity contribution is 5.97. The lowest BCUT2D eigenvalue weighted by atomic mass is 9.98. The maximum atomic E-state index is 12.6. The summed E-state index contributed by atoms with van der Waals surface area (Å²) in [6, 6.07) is 25.1. The molecule has 2 N–H and O–H groups in total. The lowest BCUT2D eigenvalue weighted by Gasteiger charge is -2.20. The Morgan fingerprint density at radius 1 is 0.829 bits per heavy atom. The third-order valence-electron chi connectivity index (χ3n) is 6.09. The molecule has 0 fully saturated rings. The summed E-state index contributed by atoms with van der Waals surface area (Å²) in [5, 5.41) is 11.9. The van der Waals surface area contributed by atoms with Gasteiger partial charge in [-0.2, -0.15) is 0 Å². The minimum Gasteiger partial charge on any atom is -0.480 e. The number of alkyl carbamates (subject to hydrolysis) is 1. The fourth-order valence-electron chi connectivity index (χ4n) is 4.44. The monoisotopic (exact) mass is 472 g/mol. The molecule has 0 saturated carbocycles. The fourth-order valence-corrected chi connectivity index (χ4v) is 4.44. The van der Waals surface area contributed by atoms with Crippen molar-refractivity contribution >= 4 is 23.7 Å². The summed E-state index contributed by atoms with van der Waals surface area (Å²) >= 11 is 0. The molecular weight excluding hydrogens is 444 g/mol. The van der Waals surface area contributed by atoms with E-state index in [0.717, 1.165) is 11.1 Å². The van der Waals surface area contributed by atoms with Crippen LogP contribution in [0.1, 0.15) is 36.3 Å². The summed E-state index contributed by atoms with van der Waals surface area (Å²) in [4.78, 5) is 37.3. The van der Waals surface area contributed by atoms with E-state index >= 15 is 0 Å². The first-order valence-electron chi connectivity index (χ1n) is 11.7. The first kappa shape index (κ1) is 24.0. The summed E-state index contributed by atoms with van der Waals surface area (Å²) in [7, 11) is 0. The van der Waals surface area contributed by atoms with E-state index in [-0.39, 0.29) is 31.4 Å². The number of anilines is 1. The minimum absolute atomic E-state index is 0.00368. The number of unbranched alkanes of at least 4 members (excludes halogenated alkanes) is 1. The number of aliphatic carboxylic acids is 1. The molecule has 7 nitrogen and oxygen atoms in total. The lowest BCUT2D eigenvalue weighted by molar-refractivity contribution is -0.136. The van der Waals surface area contributed by atoms with Gasteiger partial charge in [-0.3, -0.25) is 9.59 Å². The number of carbonyl (C=O) groups excluding carboxylic acids is 2. The Balaban J connectivity index is 1.21. The molecule has 2 amide bonds. The zero-order valence-electron chi connectivity index (χ0n) is 19.4. The predicted octanol–water partition coefficient (Wildman–Crippen LogP) is 4.81. The van der Waals surface area contributed by atoms with Crippen LogP contribution in [0.5, 0.6) is 0 Å². The number of ether oxygens (including phenoxy) is 1. The van der Waals surface area contributed by atoms with Crippen molar-refractivity contribution in [1.82, 2.24) is 5.32 Å². The number of hydrogen-bond acceptors (Lipinski definition) is 4. The van der Waals surface area contributed by atoms with Gasteiger partial charge < -0.3 is 20.1 Å². The second-order valence-corrected chi connectivity index (χ2v) is 8.42. The molecule has 0 radical (unpaired) electrons. The number of para-hydroxylation sites is 1. The summed E-state index contributed by atoms with van der Waals surface area (Å²) in [6.45, 7) is 0.231. The number of carboxylic acid groups (broad SMARTS) is 1. The van der Waals surface area contributed by atoms with Crippen molar-refractivity contribution in [3.8, 4) is 11.1 Å². The molecule has 0 saturated heterocycles.